The first-order chi connectivity index (χ1) is 13.2. The molecule has 2 atom stereocenters. The summed E-state index contributed by atoms with van der Waals surface area (Å²) in [7, 11) is 0. The Hall–Kier alpha value is -2.66. The lowest BCUT2D eigenvalue weighted by molar-refractivity contribution is -0.0580. The van der Waals surface area contributed by atoms with Crippen LogP contribution in [0.25, 0.3) is 6.08 Å². The molecule has 0 aromatic heterocycles. The molecule has 28 heavy (non-hydrogen) atoms. The highest BCUT2D eigenvalue weighted by Crippen LogP contribution is 2.22. The van der Waals surface area contributed by atoms with Crippen molar-refractivity contribution in [2.75, 3.05) is 18.8 Å². The van der Waals surface area contributed by atoms with Crippen LogP contribution in [-0.2, 0) is 4.74 Å². The fraction of sp³-hybridized carbons (Fsp3) is 0.391. The summed E-state index contributed by atoms with van der Waals surface area (Å²) < 4.78 is 5.82. The van der Waals surface area contributed by atoms with Gasteiger partial charge in [0.2, 0.25) is 0 Å². The van der Waals surface area contributed by atoms with E-state index in [0.29, 0.717) is 22.5 Å². The third-order valence-electron chi connectivity index (χ3n) is 4.43. The summed E-state index contributed by atoms with van der Waals surface area (Å²) in [6, 6.07) is 5.73. The average Bonchev–Trinajstić information content (AvgIpc) is 2.61. The Morgan fingerprint density at radius 2 is 1.93 bits per heavy atom. The zero-order valence-corrected chi connectivity index (χ0v) is 17.6. The molecule has 3 N–H and O–H groups in total. The van der Waals surface area contributed by atoms with Gasteiger partial charge < -0.3 is 15.4 Å². The molecule has 0 spiro atoms. The van der Waals surface area contributed by atoms with Gasteiger partial charge in [0.15, 0.2) is 0 Å². The van der Waals surface area contributed by atoms with E-state index in [0.717, 1.165) is 24.5 Å². The third-order valence-corrected chi connectivity index (χ3v) is 4.43. The Morgan fingerprint density at radius 1 is 1.29 bits per heavy atom. The smallest absolute Gasteiger partial charge is 0.128 e. The van der Waals surface area contributed by atoms with E-state index in [4.69, 9.17) is 15.9 Å². The van der Waals surface area contributed by atoms with Crippen LogP contribution >= 0.6 is 0 Å². The van der Waals surface area contributed by atoms with Gasteiger partial charge in [0.25, 0.3) is 0 Å². The van der Waals surface area contributed by atoms with Gasteiger partial charge in [-0.1, -0.05) is 24.3 Å². The van der Waals surface area contributed by atoms with Gasteiger partial charge in [0.05, 0.1) is 17.9 Å². The number of benzene rings is 1. The molecule has 2 rings (SSSR count). The van der Waals surface area contributed by atoms with Gasteiger partial charge in [-0.15, -0.1) is 0 Å². The Kier molecular flexibility index (Phi) is 7.35. The van der Waals surface area contributed by atoms with E-state index in [1.165, 1.54) is 5.57 Å². The molecule has 5 nitrogen and oxygen atoms in total. The number of allylic oxidation sites excluding steroid dienone is 3. The zero-order chi connectivity index (χ0) is 20.8. The number of nitrogens with zero attached hydrogens (tertiary/aromatic N) is 2. The molecular formula is C23H32N4O. The van der Waals surface area contributed by atoms with E-state index in [2.05, 4.69) is 36.4 Å². The molecule has 1 aromatic rings. The molecule has 0 amide bonds. The van der Waals surface area contributed by atoms with Crippen molar-refractivity contribution in [3.8, 4) is 0 Å². The van der Waals surface area contributed by atoms with Gasteiger partial charge in [0.1, 0.15) is 5.82 Å². The van der Waals surface area contributed by atoms with Gasteiger partial charge in [-0.25, -0.2) is 4.99 Å². The average molecular weight is 381 g/mol. The number of rotatable bonds is 6. The number of nitrogens with two attached hydrogens (primary N) is 1. The largest absolute Gasteiger partial charge is 0.398 e. The number of aliphatic imine (C=N–C) groups is 1. The van der Waals surface area contributed by atoms with Gasteiger partial charge in [-0.05, 0) is 64.0 Å². The molecule has 150 valence electrons. The van der Waals surface area contributed by atoms with Crippen LogP contribution in [0.4, 0.5) is 5.69 Å². The number of nitrogens with one attached hydrogen (secondary N) is 1. The molecule has 0 saturated carbocycles. The molecule has 1 fully saturated rings. The maximum absolute atomic E-state index is 8.63. The number of hydrogen-bond donors (Lipinski definition) is 2. The third kappa shape index (κ3) is 5.67. The van der Waals surface area contributed by atoms with E-state index in [1.807, 2.05) is 45.0 Å². The number of anilines is 1. The highest BCUT2D eigenvalue weighted by Gasteiger charge is 2.24. The van der Waals surface area contributed by atoms with E-state index < -0.39 is 0 Å². The molecule has 5 heteroatoms. The van der Waals surface area contributed by atoms with Gasteiger partial charge >= 0.3 is 0 Å². The van der Waals surface area contributed by atoms with Crippen molar-refractivity contribution in [1.82, 2.24) is 4.90 Å². The van der Waals surface area contributed by atoms with E-state index >= 15 is 0 Å². The zero-order valence-electron chi connectivity index (χ0n) is 17.6. The highest BCUT2D eigenvalue weighted by molar-refractivity contribution is 6.15. The molecule has 1 saturated heterocycles. The number of ether oxygens (including phenoxy) is 1. The molecular weight excluding hydrogens is 348 g/mol. The topological polar surface area (TPSA) is 74.7 Å². The van der Waals surface area contributed by atoms with Crippen LogP contribution in [0.5, 0.6) is 0 Å². The second-order valence-electron chi connectivity index (χ2n) is 7.52. The monoisotopic (exact) mass is 380 g/mol. The lowest BCUT2D eigenvalue weighted by Gasteiger charge is -2.36. The van der Waals surface area contributed by atoms with Crippen molar-refractivity contribution in [3.05, 3.63) is 58.9 Å². The lowest BCUT2D eigenvalue weighted by Crippen LogP contribution is -2.44. The van der Waals surface area contributed by atoms with Crippen molar-refractivity contribution in [2.45, 2.75) is 46.8 Å². The Labute approximate surface area is 168 Å². The Bertz CT molecular complexity index is 821. The quantitative estimate of drug-likeness (QED) is 0.428. The van der Waals surface area contributed by atoms with Crippen molar-refractivity contribution in [2.24, 2.45) is 4.99 Å². The molecule has 0 aliphatic carbocycles. The predicted molar refractivity (Wildman–Crippen MR) is 120 cm³/mol. The van der Waals surface area contributed by atoms with Crippen molar-refractivity contribution < 1.29 is 4.74 Å². The molecule has 1 aliphatic rings. The van der Waals surface area contributed by atoms with Gasteiger partial charge in [-0.3, -0.25) is 5.41 Å². The minimum absolute atomic E-state index is 0.128. The summed E-state index contributed by atoms with van der Waals surface area (Å²) >= 11 is 0. The maximum Gasteiger partial charge on any atom is 0.128 e. The van der Waals surface area contributed by atoms with E-state index in [1.54, 1.807) is 6.21 Å². The number of morpholine rings is 1. The van der Waals surface area contributed by atoms with Crippen molar-refractivity contribution in [1.29, 1.82) is 5.41 Å². The number of hydrogen-bond acceptors (Lipinski definition) is 5. The molecule has 1 aromatic carbocycles. The van der Waals surface area contributed by atoms with Crippen LogP contribution in [0.15, 0.2) is 52.8 Å². The van der Waals surface area contributed by atoms with Crippen molar-refractivity contribution in [3.63, 3.8) is 0 Å². The minimum Gasteiger partial charge on any atom is -0.398 e. The summed E-state index contributed by atoms with van der Waals surface area (Å²) in [6.45, 7) is 15.7. The minimum atomic E-state index is 0.128. The Balaban J connectivity index is 2.32. The standard InChI is InChI=1S/C23H32N4O/c1-7-26-22(27-13-17(5)28-18(6)14-27)11-16(4)23(25)20-12-19(10-15(2)3)8-9-21(20)24/h7-12,17-18,25H,4,13-14,24H2,1-3,5-6H3/b22-11+,25-23?,26-7?. The SMILES string of the molecule is C=C(/C=C(\N=CC)N1CC(C)OC(C)C1)C(=N)c1cc(C=C(C)C)ccc1N. The van der Waals surface area contributed by atoms with E-state index in [9.17, 15) is 0 Å². The van der Waals surface area contributed by atoms with Crippen LogP contribution in [-0.4, -0.2) is 42.1 Å². The van der Waals surface area contributed by atoms with Crippen LogP contribution in [0, 0.1) is 5.41 Å². The molecule has 2 unspecified atom stereocenters. The lowest BCUT2D eigenvalue weighted by atomic mass is 9.98. The van der Waals surface area contributed by atoms with Crippen LogP contribution in [0.3, 0.4) is 0 Å². The molecule has 1 aliphatic heterocycles. The van der Waals surface area contributed by atoms with Crippen LogP contribution in [0.1, 0.15) is 45.7 Å². The van der Waals surface area contributed by atoms with Gasteiger partial charge in [-0.2, -0.15) is 0 Å². The molecule has 1 heterocycles. The summed E-state index contributed by atoms with van der Waals surface area (Å²) in [6.07, 6.45) is 5.95. The Morgan fingerprint density at radius 3 is 2.50 bits per heavy atom. The fourth-order valence-corrected chi connectivity index (χ4v) is 3.32. The first-order valence-electron chi connectivity index (χ1n) is 9.64. The van der Waals surface area contributed by atoms with Gasteiger partial charge in [0, 0.05) is 30.6 Å². The first kappa shape index (κ1) is 21.6. The molecule has 0 radical (unpaired) electrons. The van der Waals surface area contributed by atoms with Crippen molar-refractivity contribution >= 4 is 23.7 Å². The number of nitrogen functional groups attached to an aromatic ring is 1. The second-order valence-corrected chi connectivity index (χ2v) is 7.52. The predicted octanol–water partition coefficient (Wildman–Crippen LogP) is 4.66. The molecule has 0 bridgehead atoms. The van der Waals surface area contributed by atoms with Crippen LogP contribution < -0.4 is 5.73 Å². The summed E-state index contributed by atoms with van der Waals surface area (Å²) in [5, 5.41) is 8.63. The first-order valence-corrected chi connectivity index (χ1v) is 9.64. The van der Waals surface area contributed by atoms with Crippen LogP contribution in [0.2, 0.25) is 0 Å². The summed E-state index contributed by atoms with van der Waals surface area (Å²) in [4.78, 5) is 6.70. The fourth-order valence-electron chi connectivity index (χ4n) is 3.32. The van der Waals surface area contributed by atoms with E-state index in [-0.39, 0.29) is 12.2 Å². The summed E-state index contributed by atoms with van der Waals surface area (Å²) in [5.74, 6) is 0.790. The maximum atomic E-state index is 8.63. The highest BCUT2D eigenvalue weighted by atomic mass is 16.5. The normalized spacial score (nSPS) is 20.3. The summed E-state index contributed by atoms with van der Waals surface area (Å²) in [5.41, 5.74) is 10.5. The second kappa shape index (κ2) is 9.51.